The largest absolute Gasteiger partial charge is 0.384 e. The summed E-state index contributed by atoms with van der Waals surface area (Å²) in [6, 6.07) is 27.1. The summed E-state index contributed by atoms with van der Waals surface area (Å²) < 4.78 is 0. The molecule has 0 aliphatic rings. The molecule has 3 heteroatoms. The third kappa shape index (κ3) is 4.47. The van der Waals surface area contributed by atoms with E-state index < -0.39 is 11.6 Å². The number of Topliss-reactive ketones (excluding diaryl/α,β-unsaturated/α-hetero) is 1. The van der Waals surface area contributed by atoms with Crippen molar-refractivity contribution in [2.24, 2.45) is 0 Å². The van der Waals surface area contributed by atoms with E-state index in [0.717, 1.165) is 16.7 Å². The van der Waals surface area contributed by atoms with Gasteiger partial charge in [-0.05, 0) is 43.6 Å². The fourth-order valence-electron chi connectivity index (χ4n) is 3.89. The molecule has 0 saturated carbocycles. The zero-order valence-corrected chi connectivity index (χ0v) is 17.4. The number of ketones is 1. The lowest BCUT2D eigenvalue weighted by Crippen LogP contribution is -2.52. The lowest BCUT2D eigenvalue weighted by atomic mass is 9.80. The van der Waals surface area contributed by atoms with Crippen LogP contribution in [0.15, 0.2) is 84.9 Å². The number of rotatable bonds is 8. The summed E-state index contributed by atoms with van der Waals surface area (Å²) >= 11 is 0. The lowest BCUT2D eigenvalue weighted by molar-refractivity contribution is 0.0666. The van der Waals surface area contributed by atoms with Gasteiger partial charge < -0.3 is 5.11 Å². The van der Waals surface area contributed by atoms with Gasteiger partial charge in [-0.15, -0.1) is 0 Å². The van der Waals surface area contributed by atoms with Crippen LogP contribution >= 0.6 is 0 Å². The van der Waals surface area contributed by atoms with E-state index >= 15 is 0 Å². The Morgan fingerprint density at radius 1 is 0.862 bits per heavy atom. The number of benzene rings is 3. The normalized spacial score (nSPS) is 14.4. The van der Waals surface area contributed by atoms with Gasteiger partial charge in [-0.1, -0.05) is 91.9 Å². The van der Waals surface area contributed by atoms with Crippen LogP contribution in [0.4, 0.5) is 0 Å². The highest BCUT2D eigenvalue weighted by Crippen LogP contribution is 2.29. The number of hydrogen-bond acceptors (Lipinski definition) is 3. The van der Waals surface area contributed by atoms with E-state index in [4.69, 9.17) is 0 Å². The molecule has 0 aliphatic heterocycles. The topological polar surface area (TPSA) is 40.5 Å². The molecule has 0 fully saturated rings. The Balaban J connectivity index is 1.88. The maximum atomic E-state index is 13.6. The third-order valence-electron chi connectivity index (χ3n) is 5.81. The van der Waals surface area contributed by atoms with Gasteiger partial charge in [-0.3, -0.25) is 9.69 Å². The molecule has 3 rings (SSSR count). The molecule has 1 N–H and O–H groups in total. The second-order valence-electron chi connectivity index (χ2n) is 7.71. The molecule has 0 saturated heterocycles. The minimum atomic E-state index is -0.700. The number of carbonyl (C=O) groups is 1. The van der Waals surface area contributed by atoms with Gasteiger partial charge in [0.05, 0.1) is 5.54 Å². The van der Waals surface area contributed by atoms with Crippen LogP contribution < -0.4 is 0 Å². The van der Waals surface area contributed by atoms with Crippen LogP contribution in [-0.2, 0) is 6.42 Å². The van der Waals surface area contributed by atoms with Crippen LogP contribution in [0.1, 0.15) is 46.5 Å². The first-order chi connectivity index (χ1) is 14.0. The van der Waals surface area contributed by atoms with E-state index in [0.29, 0.717) is 18.4 Å². The van der Waals surface area contributed by atoms with Crippen molar-refractivity contribution in [2.45, 2.75) is 31.4 Å². The van der Waals surface area contributed by atoms with Gasteiger partial charge in [0.15, 0.2) is 5.78 Å². The van der Waals surface area contributed by atoms with E-state index in [9.17, 15) is 9.90 Å². The second-order valence-corrected chi connectivity index (χ2v) is 7.71. The average Bonchev–Trinajstić information content (AvgIpc) is 2.77. The molecule has 2 unspecified atom stereocenters. The van der Waals surface area contributed by atoms with Crippen LogP contribution in [0.3, 0.4) is 0 Å². The number of likely N-dealkylation sites (N-methyl/N-ethyl adjacent to an activating group) is 1. The predicted octanol–water partition coefficient (Wildman–Crippen LogP) is 4.90. The molecule has 3 aromatic rings. The molecule has 150 valence electrons. The number of aliphatic hydroxyl groups is 1. The van der Waals surface area contributed by atoms with Gasteiger partial charge in [0.1, 0.15) is 6.10 Å². The van der Waals surface area contributed by atoms with Crippen LogP contribution in [0, 0.1) is 0 Å². The smallest absolute Gasteiger partial charge is 0.183 e. The number of aliphatic hydroxyl groups excluding tert-OH is 1. The average molecular weight is 388 g/mol. The molecule has 0 aliphatic carbocycles. The molecule has 3 aromatic carbocycles. The third-order valence-corrected chi connectivity index (χ3v) is 5.81. The number of carbonyl (C=O) groups excluding carboxylic acids is 1. The summed E-state index contributed by atoms with van der Waals surface area (Å²) in [5, 5.41) is 10.6. The van der Waals surface area contributed by atoms with Crippen molar-refractivity contribution in [2.75, 3.05) is 14.1 Å². The van der Waals surface area contributed by atoms with E-state index in [-0.39, 0.29) is 5.78 Å². The van der Waals surface area contributed by atoms with Crippen molar-refractivity contribution >= 4 is 5.78 Å². The Bertz CT molecular complexity index is 920. The van der Waals surface area contributed by atoms with Crippen molar-refractivity contribution in [1.82, 2.24) is 4.90 Å². The van der Waals surface area contributed by atoms with E-state index in [2.05, 4.69) is 19.1 Å². The maximum absolute atomic E-state index is 13.6. The van der Waals surface area contributed by atoms with Gasteiger partial charge in [0.25, 0.3) is 0 Å². The number of nitrogens with zero attached hydrogens (tertiary/aromatic N) is 1. The monoisotopic (exact) mass is 387 g/mol. The minimum Gasteiger partial charge on any atom is -0.384 e. The zero-order chi connectivity index (χ0) is 20.9. The summed E-state index contributed by atoms with van der Waals surface area (Å²) in [5.41, 5.74) is 2.82. The standard InChI is InChI=1S/C26H29NO2/c1-4-26(27(2)3,19-20-11-7-5-8-12-20)25(29)23-17-15-22(16-18-23)24(28)21-13-9-6-10-14-21/h5-18,24,28H,4,19H2,1-3H3. The Morgan fingerprint density at radius 3 is 1.90 bits per heavy atom. The van der Waals surface area contributed by atoms with Gasteiger partial charge in [-0.25, -0.2) is 0 Å². The fourth-order valence-corrected chi connectivity index (χ4v) is 3.89. The number of hydrogen-bond donors (Lipinski definition) is 1. The predicted molar refractivity (Wildman–Crippen MR) is 118 cm³/mol. The Kier molecular flexibility index (Phi) is 6.63. The highest BCUT2D eigenvalue weighted by atomic mass is 16.3. The minimum absolute atomic E-state index is 0.106. The molecule has 0 spiro atoms. The summed E-state index contributed by atoms with van der Waals surface area (Å²) in [7, 11) is 3.94. The highest BCUT2D eigenvalue weighted by molar-refractivity contribution is 6.03. The Labute approximate surface area is 173 Å². The first-order valence-electron chi connectivity index (χ1n) is 10.1. The molecule has 0 radical (unpaired) electrons. The fraction of sp³-hybridized carbons (Fsp3) is 0.269. The van der Waals surface area contributed by atoms with Crippen LogP contribution in [0.2, 0.25) is 0 Å². The zero-order valence-electron chi connectivity index (χ0n) is 17.4. The Morgan fingerprint density at radius 2 is 1.38 bits per heavy atom. The van der Waals surface area contributed by atoms with Gasteiger partial charge in [0, 0.05) is 5.56 Å². The molecular formula is C26H29NO2. The SMILES string of the molecule is CCC(Cc1ccccc1)(C(=O)c1ccc(C(O)c2ccccc2)cc1)N(C)C. The first-order valence-corrected chi connectivity index (χ1v) is 10.1. The summed E-state index contributed by atoms with van der Waals surface area (Å²) in [6.45, 7) is 2.06. The molecule has 0 heterocycles. The molecule has 0 amide bonds. The molecule has 0 bridgehead atoms. The summed E-state index contributed by atoms with van der Waals surface area (Å²) in [6.07, 6.45) is 0.668. The Hall–Kier alpha value is -2.75. The van der Waals surface area contributed by atoms with Crippen molar-refractivity contribution in [3.63, 3.8) is 0 Å². The van der Waals surface area contributed by atoms with Crippen molar-refractivity contribution < 1.29 is 9.90 Å². The highest BCUT2D eigenvalue weighted by Gasteiger charge is 2.39. The lowest BCUT2D eigenvalue weighted by Gasteiger charge is -2.38. The van der Waals surface area contributed by atoms with Crippen LogP contribution in [0.5, 0.6) is 0 Å². The van der Waals surface area contributed by atoms with E-state index in [1.54, 1.807) is 0 Å². The quantitative estimate of drug-likeness (QED) is 0.559. The molecule has 29 heavy (non-hydrogen) atoms. The summed E-state index contributed by atoms with van der Waals surface area (Å²) in [4.78, 5) is 15.6. The molecular weight excluding hydrogens is 358 g/mol. The first kappa shape index (κ1) is 21.0. The van der Waals surface area contributed by atoms with Gasteiger partial charge >= 0.3 is 0 Å². The van der Waals surface area contributed by atoms with Gasteiger partial charge in [0.2, 0.25) is 0 Å². The van der Waals surface area contributed by atoms with Crippen molar-refractivity contribution in [1.29, 1.82) is 0 Å². The van der Waals surface area contributed by atoms with Crippen LogP contribution in [-0.4, -0.2) is 35.4 Å². The molecule has 2 atom stereocenters. The van der Waals surface area contributed by atoms with Gasteiger partial charge in [-0.2, -0.15) is 0 Å². The summed E-state index contributed by atoms with van der Waals surface area (Å²) in [5.74, 6) is 0.106. The second kappa shape index (κ2) is 9.17. The molecule has 0 aromatic heterocycles. The maximum Gasteiger partial charge on any atom is 0.183 e. The van der Waals surface area contributed by atoms with E-state index in [1.807, 2.05) is 91.8 Å². The molecule has 3 nitrogen and oxygen atoms in total. The van der Waals surface area contributed by atoms with Crippen LogP contribution in [0.25, 0.3) is 0 Å². The van der Waals surface area contributed by atoms with Crippen molar-refractivity contribution in [3.05, 3.63) is 107 Å². The van der Waals surface area contributed by atoms with Crippen molar-refractivity contribution in [3.8, 4) is 0 Å². The van der Waals surface area contributed by atoms with E-state index in [1.165, 1.54) is 0 Å².